The first kappa shape index (κ1) is 12.9. The standard InChI is InChI=1S/C13H17NO4/c1-13(9-17-6-5-14-13)18-11-4-3-10(8-15)7-12(11)16-2/h3-4,7-8,14H,5-6,9H2,1-2H3/t13-/m1/s1. The van der Waals surface area contributed by atoms with Crippen molar-refractivity contribution in [2.75, 3.05) is 26.9 Å². The van der Waals surface area contributed by atoms with Crippen LogP contribution in [-0.2, 0) is 4.74 Å². The van der Waals surface area contributed by atoms with E-state index in [4.69, 9.17) is 14.2 Å². The summed E-state index contributed by atoms with van der Waals surface area (Å²) >= 11 is 0. The van der Waals surface area contributed by atoms with Crippen molar-refractivity contribution >= 4 is 6.29 Å². The SMILES string of the molecule is COc1cc(C=O)ccc1O[C@]1(C)COCCN1. The number of morpholine rings is 1. The van der Waals surface area contributed by atoms with Crippen LogP contribution in [0.4, 0.5) is 0 Å². The van der Waals surface area contributed by atoms with E-state index in [-0.39, 0.29) is 0 Å². The molecule has 1 saturated heterocycles. The van der Waals surface area contributed by atoms with Gasteiger partial charge in [-0.25, -0.2) is 0 Å². The summed E-state index contributed by atoms with van der Waals surface area (Å²) in [5.74, 6) is 1.12. The van der Waals surface area contributed by atoms with Crippen molar-refractivity contribution in [3.8, 4) is 11.5 Å². The second-order valence-electron chi connectivity index (χ2n) is 4.34. The first-order valence-corrected chi connectivity index (χ1v) is 5.82. The quantitative estimate of drug-likeness (QED) is 0.815. The van der Waals surface area contributed by atoms with Gasteiger partial charge in [-0.3, -0.25) is 10.1 Å². The highest BCUT2D eigenvalue weighted by molar-refractivity contribution is 5.76. The second-order valence-corrected chi connectivity index (χ2v) is 4.34. The molecular formula is C13H17NO4. The highest BCUT2D eigenvalue weighted by atomic mass is 16.6. The molecule has 0 unspecified atom stereocenters. The lowest BCUT2D eigenvalue weighted by Gasteiger charge is -2.35. The molecule has 98 valence electrons. The molecule has 1 aliphatic rings. The number of carbonyl (C=O) groups excluding carboxylic acids is 1. The van der Waals surface area contributed by atoms with E-state index in [0.717, 1.165) is 12.8 Å². The highest BCUT2D eigenvalue weighted by Gasteiger charge is 2.30. The first-order chi connectivity index (χ1) is 8.67. The lowest BCUT2D eigenvalue weighted by Crippen LogP contribution is -2.56. The van der Waals surface area contributed by atoms with Gasteiger partial charge in [0.15, 0.2) is 17.2 Å². The van der Waals surface area contributed by atoms with Gasteiger partial charge in [0.25, 0.3) is 0 Å². The summed E-state index contributed by atoms with van der Waals surface area (Å²) in [4.78, 5) is 10.7. The molecule has 0 aromatic heterocycles. The molecule has 0 spiro atoms. The van der Waals surface area contributed by atoms with Crippen molar-refractivity contribution in [3.63, 3.8) is 0 Å². The molecule has 0 saturated carbocycles. The van der Waals surface area contributed by atoms with Crippen molar-refractivity contribution in [3.05, 3.63) is 23.8 Å². The predicted octanol–water partition coefficient (Wildman–Crippen LogP) is 1.22. The van der Waals surface area contributed by atoms with Crippen molar-refractivity contribution in [1.82, 2.24) is 5.32 Å². The molecule has 1 N–H and O–H groups in total. The van der Waals surface area contributed by atoms with E-state index in [1.807, 2.05) is 6.92 Å². The van der Waals surface area contributed by atoms with Crippen LogP contribution in [-0.4, -0.2) is 38.9 Å². The van der Waals surface area contributed by atoms with Gasteiger partial charge >= 0.3 is 0 Å². The Kier molecular flexibility index (Phi) is 3.84. The number of hydrogen-bond acceptors (Lipinski definition) is 5. The number of methoxy groups -OCH3 is 1. The van der Waals surface area contributed by atoms with Crippen LogP contribution in [0.15, 0.2) is 18.2 Å². The fourth-order valence-electron chi connectivity index (χ4n) is 1.86. The number of ether oxygens (including phenoxy) is 3. The van der Waals surface area contributed by atoms with Crippen LogP contribution >= 0.6 is 0 Å². The van der Waals surface area contributed by atoms with Crippen LogP contribution in [0.5, 0.6) is 11.5 Å². The molecule has 1 heterocycles. The maximum absolute atomic E-state index is 10.7. The van der Waals surface area contributed by atoms with Crippen molar-refractivity contribution in [2.45, 2.75) is 12.6 Å². The minimum absolute atomic E-state index is 0.464. The molecule has 0 radical (unpaired) electrons. The van der Waals surface area contributed by atoms with Gasteiger partial charge in [0.2, 0.25) is 0 Å². The smallest absolute Gasteiger partial charge is 0.181 e. The zero-order chi connectivity index (χ0) is 13.0. The Bertz CT molecular complexity index is 427. The normalized spacial score (nSPS) is 23.4. The summed E-state index contributed by atoms with van der Waals surface area (Å²) in [5.41, 5.74) is -0.0222. The van der Waals surface area contributed by atoms with Gasteiger partial charge in [-0.15, -0.1) is 0 Å². The summed E-state index contributed by atoms with van der Waals surface area (Å²) in [7, 11) is 1.55. The number of nitrogens with one attached hydrogen (secondary N) is 1. The van der Waals surface area contributed by atoms with Crippen LogP contribution < -0.4 is 14.8 Å². The molecule has 0 aliphatic carbocycles. The largest absolute Gasteiger partial charge is 0.493 e. The first-order valence-electron chi connectivity index (χ1n) is 5.82. The van der Waals surface area contributed by atoms with Gasteiger partial charge in [0, 0.05) is 12.1 Å². The van der Waals surface area contributed by atoms with E-state index in [2.05, 4.69) is 5.32 Å². The van der Waals surface area contributed by atoms with E-state index < -0.39 is 5.72 Å². The van der Waals surface area contributed by atoms with Crippen LogP contribution in [0.2, 0.25) is 0 Å². The number of carbonyl (C=O) groups is 1. The third-order valence-corrected chi connectivity index (χ3v) is 2.78. The van der Waals surface area contributed by atoms with E-state index in [1.54, 1.807) is 25.3 Å². The molecule has 5 nitrogen and oxygen atoms in total. The molecular weight excluding hydrogens is 234 g/mol. The van der Waals surface area contributed by atoms with Crippen molar-refractivity contribution in [2.24, 2.45) is 0 Å². The fraction of sp³-hybridized carbons (Fsp3) is 0.462. The predicted molar refractivity (Wildman–Crippen MR) is 66.2 cm³/mol. The van der Waals surface area contributed by atoms with E-state index >= 15 is 0 Å². The lowest BCUT2D eigenvalue weighted by molar-refractivity contribution is -0.0710. The average Bonchev–Trinajstić information content (AvgIpc) is 2.39. The molecule has 18 heavy (non-hydrogen) atoms. The summed E-state index contributed by atoms with van der Waals surface area (Å²) in [6, 6.07) is 5.07. The summed E-state index contributed by atoms with van der Waals surface area (Å²) in [6.07, 6.45) is 0.774. The third kappa shape index (κ3) is 2.80. The van der Waals surface area contributed by atoms with Gasteiger partial charge in [-0.1, -0.05) is 0 Å². The van der Waals surface area contributed by atoms with Crippen LogP contribution in [0.25, 0.3) is 0 Å². The maximum atomic E-state index is 10.7. The van der Waals surface area contributed by atoms with Crippen LogP contribution in [0.1, 0.15) is 17.3 Å². The zero-order valence-electron chi connectivity index (χ0n) is 10.6. The summed E-state index contributed by atoms with van der Waals surface area (Å²) in [5, 5.41) is 3.25. The Morgan fingerprint density at radius 3 is 2.89 bits per heavy atom. The van der Waals surface area contributed by atoms with Gasteiger partial charge < -0.3 is 14.2 Å². The second kappa shape index (κ2) is 5.37. The van der Waals surface area contributed by atoms with E-state index in [9.17, 15) is 4.79 Å². The average molecular weight is 251 g/mol. The molecule has 2 rings (SSSR count). The van der Waals surface area contributed by atoms with Crippen molar-refractivity contribution in [1.29, 1.82) is 0 Å². The van der Waals surface area contributed by atoms with Crippen LogP contribution in [0.3, 0.4) is 0 Å². The Morgan fingerprint density at radius 1 is 1.44 bits per heavy atom. The van der Waals surface area contributed by atoms with Crippen molar-refractivity contribution < 1.29 is 19.0 Å². The monoisotopic (exact) mass is 251 g/mol. The molecule has 1 fully saturated rings. The number of hydrogen-bond donors (Lipinski definition) is 1. The molecule has 1 aliphatic heterocycles. The molecule has 1 aromatic carbocycles. The van der Waals surface area contributed by atoms with Gasteiger partial charge in [0.05, 0.1) is 13.7 Å². The Balaban J connectivity index is 2.19. The summed E-state index contributed by atoms with van der Waals surface area (Å²) in [6.45, 7) is 3.80. The van der Waals surface area contributed by atoms with Gasteiger partial charge in [0.1, 0.15) is 12.9 Å². The number of aldehydes is 1. The number of rotatable bonds is 4. The Morgan fingerprint density at radius 2 is 2.28 bits per heavy atom. The highest BCUT2D eigenvalue weighted by Crippen LogP contribution is 2.30. The fourth-order valence-corrected chi connectivity index (χ4v) is 1.86. The van der Waals surface area contributed by atoms with Gasteiger partial charge in [-0.05, 0) is 25.1 Å². The topological polar surface area (TPSA) is 56.8 Å². The summed E-state index contributed by atoms with van der Waals surface area (Å²) < 4.78 is 16.5. The minimum atomic E-state index is -0.575. The Labute approximate surface area is 106 Å². The molecule has 1 aromatic rings. The minimum Gasteiger partial charge on any atom is -0.493 e. The van der Waals surface area contributed by atoms with E-state index in [1.165, 1.54) is 0 Å². The van der Waals surface area contributed by atoms with Gasteiger partial charge in [-0.2, -0.15) is 0 Å². The van der Waals surface area contributed by atoms with Crippen LogP contribution in [0, 0.1) is 0 Å². The van der Waals surface area contributed by atoms with E-state index in [0.29, 0.717) is 30.3 Å². The Hall–Kier alpha value is -1.59. The molecule has 0 amide bonds. The maximum Gasteiger partial charge on any atom is 0.181 e. The molecule has 5 heteroatoms. The number of benzene rings is 1. The zero-order valence-corrected chi connectivity index (χ0v) is 10.6. The lowest BCUT2D eigenvalue weighted by atomic mass is 10.2. The molecule has 0 bridgehead atoms. The molecule has 1 atom stereocenters. The third-order valence-electron chi connectivity index (χ3n) is 2.78.